The first kappa shape index (κ1) is 18.8. The minimum atomic E-state index is -0.595. The highest BCUT2D eigenvalue weighted by molar-refractivity contribution is 5.84. The van der Waals surface area contributed by atoms with E-state index in [0.717, 1.165) is 0 Å². The zero-order valence-corrected chi connectivity index (χ0v) is 13.1. The van der Waals surface area contributed by atoms with E-state index in [2.05, 4.69) is 10.1 Å². The van der Waals surface area contributed by atoms with Crippen molar-refractivity contribution in [3.05, 3.63) is 42.2 Å². The van der Waals surface area contributed by atoms with Crippen molar-refractivity contribution in [2.24, 2.45) is 0 Å². The molecule has 116 valence electrons. The molecule has 0 fully saturated rings. The SMILES string of the molecule is CC.CC.CCOC(=O)c1ncn(-c2cccc(F)c2)n1. The summed E-state index contributed by atoms with van der Waals surface area (Å²) in [6.45, 7) is 9.95. The molecule has 0 saturated heterocycles. The lowest BCUT2D eigenvalue weighted by Gasteiger charge is -1.99. The Morgan fingerprint density at radius 1 is 1.29 bits per heavy atom. The summed E-state index contributed by atoms with van der Waals surface area (Å²) in [6.07, 6.45) is 1.33. The number of aromatic nitrogens is 3. The molecule has 0 aliphatic carbocycles. The number of ether oxygens (including phenoxy) is 1. The minimum absolute atomic E-state index is 0.0453. The fourth-order valence-corrected chi connectivity index (χ4v) is 1.30. The van der Waals surface area contributed by atoms with E-state index in [1.165, 1.54) is 23.1 Å². The maximum atomic E-state index is 13.0. The number of hydrogen-bond acceptors (Lipinski definition) is 4. The van der Waals surface area contributed by atoms with Gasteiger partial charge in [-0.15, -0.1) is 5.10 Å². The average molecular weight is 295 g/mol. The summed E-state index contributed by atoms with van der Waals surface area (Å²) < 4.78 is 19.1. The largest absolute Gasteiger partial charge is 0.460 e. The number of carbonyl (C=O) groups excluding carboxylic acids is 1. The molecule has 0 aliphatic rings. The monoisotopic (exact) mass is 295 g/mol. The van der Waals surface area contributed by atoms with Crippen LogP contribution in [-0.4, -0.2) is 27.3 Å². The lowest BCUT2D eigenvalue weighted by atomic mass is 10.3. The molecule has 0 N–H and O–H groups in total. The molecule has 1 aromatic heterocycles. The first-order chi connectivity index (χ1) is 10.2. The Morgan fingerprint density at radius 3 is 2.52 bits per heavy atom. The first-order valence-corrected chi connectivity index (χ1v) is 7.05. The van der Waals surface area contributed by atoms with E-state index in [1.807, 2.05) is 27.7 Å². The average Bonchev–Trinajstić information content (AvgIpc) is 3.02. The van der Waals surface area contributed by atoms with Crippen LogP contribution in [-0.2, 0) is 4.74 Å². The van der Waals surface area contributed by atoms with E-state index < -0.39 is 5.97 Å². The number of rotatable bonds is 3. The van der Waals surface area contributed by atoms with Crippen molar-refractivity contribution in [1.82, 2.24) is 14.8 Å². The molecule has 6 heteroatoms. The van der Waals surface area contributed by atoms with Crippen LogP contribution in [0.25, 0.3) is 5.69 Å². The summed E-state index contributed by atoms with van der Waals surface area (Å²) in [5, 5.41) is 3.90. The molecule has 0 amide bonds. The highest BCUT2D eigenvalue weighted by Gasteiger charge is 2.12. The van der Waals surface area contributed by atoms with Crippen molar-refractivity contribution in [3.63, 3.8) is 0 Å². The summed E-state index contributed by atoms with van der Waals surface area (Å²) in [6, 6.07) is 5.83. The fourth-order valence-electron chi connectivity index (χ4n) is 1.30. The number of esters is 1. The molecule has 0 bridgehead atoms. The van der Waals surface area contributed by atoms with E-state index in [-0.39, 0.29) is 18.2 Å². The van der Waals surface area contributed by atoms with Gasteiger partial charge in [0.15, 0.2) is 0 Å². The number of hydrogen-bond donors (Lipinski definition) is 0. The van der Waals surface area contributed by atoms with Crippen LogP contribution in [0.4, 0.5) is 4.39 Å². The summed E-state index contributed by atoms with van der Waals surface area (Å²) in [4.78, 5) is 15.1. The number of carbonyl (C=O) groups is 1. The molecule has 0 spiro atoms. The van der Waals surface area contributed by atoms with Crippen LogP contribution in [0.5, 0.6) is 0 Å². The third-order valence-electron chi connectivity index (χ3n) is 2.02. The zero-order valence-electron chi connectivity index (χ0n) is 13.1. The lowest BCUT2D eigenvalue weighted by Crippen LogP contribution is -2.07. The maximum Gasteiger partial charge on any atom is 0.378 e. The molecule has 1 aromatic carbocycles. The van der Waals surface area contributed by atoms with Gasteiger partial charge >= 0.3 is 5.97 Å². The van der Waals surface area contributed by atoms with Crippen LogP contribution in [0.15, 0.2) is 30.6 Å². The van der Waals surface area contributed by atoms with E-state index in [0.29, 0.717) is 5.69 Å². The number of nitrogens with zero attached hydrogens (tertiary/aromatic N) is 3. The molecular weight excluding hydrogens is 273 g/mol. The molecule has 21 heavy (non-hydrogen) atoms. The van der Waals surface area contributed by atoms with Gasteiger partial charge in [-0.2, -0.15) is 0 Å². The van der Waals surface area contributed by atoms with E-state index >= 15 is 0 Å². The Kier molecular flexibility index (Phi) is 9.41. The Labute approximate surface area is 124 Å². The fraction of sp³-hybridized carbons (Fsp3) is 0.400. The predicted octanol–water partition coefficient (Wildman–Crippen LogP) is 3.64. The van der Waals surface area contributed by atoms with E-state index in [4.69, 9.17) is 4.74 Å². The Hall–Kier alpha value is -2.24. The van der Waals surface area contributed by atoms with Gasteiger partial charge in [-0.25, -0.2) is 18.9 Å². The molecule has 1 heterocycles. The zero-order chi connectivity index (χ0) is 16.3. The molecule has 5 nitrogen and oxygen atoms in total. The molecule has 0 aliphatic heterocycles. The third kappa shape index (κ3) is 5.72. The Bertz CT molecular complexity index is 541. The van der Waals surface area contributed by atoms with Crippen molar-refractivity contribution >= 4 is 5.97 Å². The quantitative estimate of drug-likeness (QED) is 0.811. The third-order valence-corrected chi connectivity index (χ3v) is 2.02. The van der Waals surface area contributed by atoms with Crippen LogP contribution in [0.3, 0.4) is 0 Å². The van der Waals surface area contributed by atoms with Crippen LogP contribution in [0.1, 0.15) is 45.2 Å². The highest BCUT2D eigenvalue weighted by Crippen LogP contribution is 2.08. The molecule has 0 atom stereocenters. The van der Waals surface area contributed by atoms with Crippen molar-refractivity contribution < 1.29 is 13.9 Å². The van der Waals surface area contributed by atoms with Gasteiger partial charge in [0.05, 0.1) is 12.3 Å². The van der Waals surface area contributed by atoms with Crippen LogP contribution >= 0.6 is 0 Å². The van der Waals surface area contributed by atoms with E-state index in [1.54, 1.807) is 19.1 Å². The van der Waals surface area contributed by atoms with Crippen molar-refractivity contribution in [2.45, 2.75) is 34.6 Å². The second-order valence-electron chi connectivity index (χ2n) is 3.21. The van der Waals surface area contributed by atoms with Gasteiger partial charge in [0.25, 0.3) is 5.82 Å². The van der Waals surface area contributed by atoms with Gasteiger partial charge in [-0.1, -0.05) is 33.8 Å². The first-order valence-electron chi connectivity index (χ1n) is 7.05. The second kappa shape index (κ2) is 10.5. The van der Waals surface area contributed by atoms with Crippen LogP contribution in [0.2, 0.25) is 0 Å². The van der Waals surface area contributed by atoms with Gasteiger partial charge in [0.2, 0.25) is 0 Å². The summed E-state index contributed by atoms with van der Waals surface area (Å²) in [5.74, 6) is -1.02. The summed E-state index contributed by atoms with van der Waals surface area (Å²) >= 11 is 0. The van der Waals surface area contributed by atoms with Gasteiger partial charge in [0, 0.05) is 0 Å². The summed E-state index contributed by atoms with van der Waals surface area (Å²) in [5.41, 5.74) is 0.494. The second-order valence-corrected chi connectivity index (χ2v) is 3.21. The van der Waals surface area contributed by atoms with Crippen LogP contribution < -0.4 is 0 Å². The summed E-state index contributed by atoms with van der Waals surface area (Å²) in [7, 11) is 0. The lowest BCUT2D eigenvalue weighted by molar-refractivity contribution is 0.0512. The highest BCUT2D eigenvalue weighted by atomic mass is 19.1. The molecule has 0 saturated carbocycles. The van der Waals surface area contributed by atoms with Gasteiger partial charge in [0.1, 0.15) is 12.1 Å². The molecular formula is C15H22FN3O2. The molecule has 2 aromatic rings. The van der Waals surface area contributed by atoms with Gasteiger partial charge < -0.3 is 4.74 Å². The van der Waals surface area contributed by atoms with Crippen molar-refractivity contribution in [3.8, 4) is 5.69 Å². The predicted molar refractivity (Wildman–Crippen MR) is 80.0 cm³/mol. The van der Waals surface area contributed by atoms with Gasteiger partial charge in [-0.3, -0.25) is 0 Å². The minimum Gasteiger partial charge on any atom is -0.460 e. The smallest absolute Gasteiger partial charge is 0.378 e. The maximum absolute atomic E-state index is 13.0. The standard InChI is InChI=1S/C11H10FN3O2.2C2H6/c1-2-17-11(16)10-13-7-15(14-10)9-5-3-4-8(12)6-9;2*1-2/h3-7H,2H2,1H3;2*1-2H3. The Balaban J connectivity index is 0.000000921. The van der Waals surface area contributed by atoms with Crippen molar-refractivity contribution in [2.75, 3.05) is 6.61 Å². The Morgan fingerprint density at radius 2 is 1.95 bits per heavy atom. The molecule has 0 radical (unpaired) electrons. The van der Waals surface area contributed by atoms with Crippen LogP contribution in [0, 0.1) is 5.82 Å². The van der Waals surface area contributed by atoms with E-state index in [9.17, 15) is 9.18 Å². The molecule has 0 unspecified atom stereocenters. The topological polar surface area (TPSA) is 57.0 Å². The normalized spacial score (nSPS) is 8.86. The number of halogens is 1. The molecule has 2 rings (SSSR count). The number of benzene rings is 1. The van der Waals surface area contributed by atoms with Crippen molar-refractivity contribution in [1.29, 1.82) is 0 Å². The van der Waals surface area contributed by atoms with Gasteiger partial charge in [-0.05, 0) is 25.1 Å².